The largest absolute Gasteiger partial charge is 0.462 e. The summed E-state index contributed by atoms with van der Waals surface area (Å²) in [5.74, 6) is 0.843. The van der Waals surface area contributed by atoms with E-state index in [4.69, 9.17) is 10.2 Å². The molecule has 7 nitrogen and oxygen atoms in total. The molecular formula is C20H15N5O2S. The van der Waals surface area contributed by atoms with Gasteiger partial charge in [0.05, 0.1) is 17.5 Å². The van der Waals surface area contributed by atoms with Crippen LogP contribution in [0.25, 0.3) is 27.4 Å². The fourth-order valence-corrected chi connectivity index (χ4v) is 4.11. The number of furan rings is 1. The molecule has 1 aliphatic rings. The summed E-state index contributed by atoms with van der Waals surface area (Å²) < 4.78 is 6.86. The lowest BCUT2D eigenvalue weighted by Gasteiger charge is -2.05. The van der Waals surface area contributed by atoms with Crippen molar-refractivity contribution in [2.24, 2.45) is 4.99 Å². The van der Waals surface area contributed by atoms with E-state index in [-0.39, 0.29) is 5.82 Å². The Labute approximate surface area is 163 Å². The van der Waals surface area contributed by atoms with Gasteiger partial charge in [-0.2, -0.15) is 9.50 Å². The van der Waals surface area contributed by atoms with Crippen molar-refractivity contribution in [3.63, 3.8) is 0 Å². The minimum absolute atomic E-state index is 0.241. The monoisotopic (exact) mass is 389 g/mol. The first-order valence-corrected chi connectivity index (χ1v) is 9.44. The van der Waals surface area contributed by atoms with E-state index in [2.05, 4.69) is 21.1 Å². The molecule has 0 saturated heterocycles. The van der Waals surface area contributed by atoms with E-state index < -0.39 is 5.56 Å². The molecule has 28 heavy (non-hydrogen) atoms. The summed E-state index contributed by atoms with van der Waals surface area (Å²) in [4.78, 5) is 21.9. The van der Waals surface area contributed by atoms with Gasteiger partial charge in [-0.3, -0.25) is 9.79 Å². The summed E-state index contributed by atoms with van der Waals surface area (Å²) in [7, 11) is 0. The fourth-order valence-electron chi connectivity index (χ4n) is 3.24. The number of hydrogen-bond acceptors (Lipinski definition) is 7. The van der Waals surface area contributed by atoms with Crippen LogP contribution in [0.4, 0.5) is 11.5 Å². The van der Waals surface area contributed by atoms with Crippen molar-refractivity contribution in [2.75, 3.05) is 5.73 Å². The summed E-state index contributed by atoms with van der Waals surface area (Å²) in [5, 5.41) is 5.07. The first-order chi connectivity index (χ1) is 13.5. The molecule has 4 heterocycles. The third-order valence-electron chi connectivity index (χ3n) is 4.63. The molecule has 0 spiro atoms. The van der Waals surface area contributed by atoms with E-state index in [1.807, 2.05) is 26.0 Å². The van der Waals surface area contributed by atoms with Crippen LogP contribution in [0.1, 0.15) is 23.6 Å². The number of aliphatic imine (C=N–C) groups is 1. The van der Waals surface area contributed by atoms with E-state index >= 15 is 0 Å². The Balaban J connectivity index is 1.70. The highest BCUT2D eigenvalue weighted by Gasteiger charge is 2.21. The van der Waals surface area contributed by atoms with E-state index in [9.17, 15) is 4.79 Å². The Hall–Kier alpha value is -3.52. The highest BCUT2D eigenvalue weighted by Crippen LogP contribution is 2.37. The number of anilines is 1. The first kappa shape index (κ1) is 16.6. The minimum atomic E-state index is -0.395. The lowest BCUT2D eigenvalue weighted by molar-refractivity contribution is 0.580. The molecule has 0 amide bonds. The zero-order valence-corrected chi connectivity index (χ0v) is 15.9. The number of nitrogen functional groups attached to an aromatic ring is 1. The van der Waals surface area contributed by atoms with Crippen LogP contribution in [0.3, 0.4) is 0 Å². The van der Waals surface area contributed by atoms with Crippen LogP contribution in [0, 0.1) is 6.92 Å². The standard InChI is InChI=1S/C20H15N5O2S/c1-10-5-6-15-13(8-10)12(11(2)22-15)9-14-17(21)25-20(23-18(14)26)28-19(24-25)16-4-3-7-27-16/h3-9H,21H2,1-2H3/b12-9-. The van der Waals surface area contributed by atoms with Gasteiger partial charge in [0.2, 0.25) is 4.96 Å². The van der Waals surface area contributed by atoms with Crippen molar-refractivity contribution in [2.45, 2.75) is 13.8 Å². The van der Waals surface area contributed by atoms with Crippen LogP contribution in [-0.2, 0) is 0 Å². The summed E-state index contributed by atoms with van der Waals surface area (Å²) in [6.45, 7) is 3.94. The number of hydrogen-bond donors (Lipinski definition) is 1. The third kappa shape index (κ3) is 2.49. The number of allylic oxidation sites excluding steroid dienone is 1. The van der Waals surface area contributed by atoms with Crippen molar-refractivity contribution in [1.29, 1.82) is 0 Å². The highest BCUT2D eigenvalue weighted by molar-refractivity contribution is 7.19. The second kappa shape index (κ2) is 6.00. The van der Waals surface area contributed by atoms with Crippen LogP contribution >= 0.6 is 11.3 Å². The maximum Gasteiger partial charge on any atom is 0.283 e. The average Bonchev–Trinajstić information content (AvgIpc) is 3.37. The van der Waals surface area contributed by atoms with Crippen LogP contribution < -0.4 is 11.3 Å². The van der Waals surface area contributed by atoms with Gasteiger partial charge < -0.3 is 10.2 Å². The number of aryl methyl sites for hydroxylation is 1. The summed E-state index contributed by atoms with van der Waals surface area (Å²) in [6, 6.07) is 9.62. The number of nitrogens with two attached hydrogens (primary N) is 1. The molecule has 3 aromatic heterocycles. The molecule has 0 unspecified atom stereocenters. The average molecular weight is 389 g/mol. The van der Waals surface area contributed by atoms with Gasteiger partial charge in [-0.25, -0.2) is 0 Å². The van der Waals surface area contributed by atoms with Crippen LogP contribution in [0.15, 0.2) is 50.8 Å². The SMILES string of the molecule is CC1=Nc2ccc(C)cc2/C1=C\c1c(N)n2nc(-c3ccco3)sc2nc1=O. The van der Waals surface area contributed by atoms with E-state index in [1.54, 1.807) is 24.5 Å². The number of benzene rings is 1. The van der Waals surface area contributed by atoms with Gasteiger partial charge in [0.25, 0.3) is 5.56 Å². The molecule has 138 valence electrons. The van der Waals surface area contributed by atoms with Crippen LogP contribution in [0.2, 0.25) is 0 Å². The minimum Gasteiger partial charge on any atom is -0.462 e. The summed E-state index contributed by atoms with van der Waals surface area (Å²) in [5.41, 5.74) is 10.9. The molecule has 2 N–H and O–H groups in total. The second-order valence-electron chi connectivity index (χ2n) is 6.57. The molecule has 0 fully saturated rings. The molecule has 0 aliphatic carbocycles. The Morgan fingerprint density at radius 3 is 2.89 bits per heavy atom. The molecule has 0 radical (unpaired) electrons. The quantitative estimate of drug-likeness (QED) is 0.560. The number of aromatic nitrogens is 3. The molecule has 5 rings (SSSR count). The zero-order valence-electron chi connectivity index (χ0n) is 15.1. The Kier molecular flexibility index (Phi) is 3.56. The van der Waals surface area contributed by atoms with Gasteiger partial charge in [-0.15, -0.1) is 5.10 Å². The summed E-state index contributed by atoms with van der Waals surface area (Å²) in [6.07, 6.45) is 3.33. The van der Waals surface area contributed by atoms with E-state index in [0.717, 1.165) is 28.1 Å². The maximum atomic E-state index is 12.7. The number of nitrogens with zero attached hydrogens (tertiary/aromatic N) is 4. The van der Waals surface area contributed by atoms with Gasteiger partial charge in [-0.05, 0) is 44.2 Å². The van der Waals surface area contributed by atoms with Gasteiger partial charge in [-0.1, -0.05) is 23.0 Å². The van der Waals surface area contributed by atoms with Crippen molar-refractivity contribution in [3.05, 3.63) is 63.6 Å². The van der Waals surface area contributed by atoms with Gasteiger partial charge >= 0.3 is 0 Å². The predicted molar refractivity (Wildman–Crippen MR) is 111 cm³/mol. The van der Waals surface area contributed by atoms with Crippen molar-refractivity contribution >= 4 is 45.2 Å². The van der Waals surface area contributed by atoms with E-state index in [1.165, 1.54) is 15.9 Å². The van der Waals surface area contributed by atoms with Crippen molar-refractivity contribution < 1.29 is 4.42 Å². The molecule has 0 saturated carbocycles. The number of rotatable bonds is 2. The van der Waals surface area contributed by atoms with Gasteiger partial charge in [0, 0.05) is 16.8 Å². The van der Waals surface area contributed by atoms with Gasteiger partial charge in [0.15, 0.2) is 10.8 Å². The Morgan fingerprint density at radius 2 is 2.11 bits per heavy atom. The maximum absolute atomic E-state index is 12.7. The highest BCUT2D eigenvalue weighted by atomic mass is 32.1. The lowest BCUT2D eigenvalue weighted by Crippen LogP contribution is -2.17. The lowest BCUT2D eigenvalue weighted by atomic mass is 9.99. The van der Waals surface area contributed by atoms with Crippen molar-refractivity contribution in [3.8, 4) is 10.8 Å². The Bertz CT molecular complexity index is 1360. The van der Waals surface area contributed by atoms with Gasteiger partial charge in [0.1, 0.15) is 5.82 Å². The van der Waals surface area contributed by atoms with E-state index in [0.29, 0.717) is 21.3 Å². The molecule has 1 aliphatic heterocycles. The summed E-state index contributed by atoms with van der Waals surface area (Å²) >= 11 is 1.25. The van der Waals surface area contributed by atoms with Crippen LogP contribution in [0.5, 0.6) is 0 Å². The van der Waals surface area contributed by atoms with Crippen LogP contribution in [-0.4, -0.2) is 20.3 Å². The smallest absolute Gasteiger partial charge is 0.283 e. The fraction of sp³-hybridized carbons (Fsp3) is 0.100. The second-order valence-corrected chi connectivity index (χ2v) is 7.53. The molecule has 8 heteroatoms. The third-order valence-corrected chi connectivity index (χ3v) is 5.56. The zero-order chi connectivity index (χ0) is 19.4. The first-order valence-electron chi connectivity index (χ1n) is 8.63. The molecule has 0 bridgehead atoms. The predicted octanol–water partition coefficient (Wildman–Crippen LogP) is 3.95. The normalized spacial score (nSPS) is 14.6. The molecule has 0 atom stereocenters. The Morgan fingerprint density at radius 1 is 1.25 bits per heavy atom. The molecular weight excluding hydrogens is 374 g/mol. The number of fused-ring (bicyclic) bond motifs is 2. The van der Waals surface area contributed by atoms with Crippen molar-refractivity contribution in [1.82, 2.24) is 14.6 Å². The molecule has 1 aromatic carbocycles. The topological polar surface area (TPSA) is 98.8 Å². The molecule has 4 aromatic rings.